The molecule has 0 radical (unpaired) electrons. The number of nitrogens with zero attached hydrogens (tertiary/aromatic N) is 2. The van der Waals surface area contributed by atoms with Crippen LogP contribution >= 0.6 is 0 Å². The Morgan fingerprint density at radius 2 is 1.96 bits per heavy atom. The SMILES string of the molecule is Cc1ccc(CNC(=O)C2C(=O)N=C3C=CC=CN3C2=O)cc1. The van der Waals surface area contributed by atoms with Crippen molar-refractivity contribution in [2.45, 2.75) is 13.5 Å². The first-order valence-corrected chi connectivity index (χ1v) is 7.20. The van der Waals surface area contributed by atoms with E-state index in [2.05, 4.69) is 10.3 Å². The predicted molar refractivity (Wildman–Crippen MR) is 84.1 cm³/mol. The lowest BCUT2D eigenvalue weighted by Gasteiger charge is -2.27. The second-order valence-corrected chi connectivity index (χ2v) is 5.35. The molecule has 6 heteroatoms. The fraction of sp³-hybridized carbons (Fsp3) is 0.176. The summed E-state index contributed by atoms with van der Waals surface area (Å²) in [5.74, 6) is -3.14. The molecule has 1 aromatic rings. The number of nitrogens with one attached hydrogen (secondary N) is 1. The quantitative estimate of drug-likeness (QED) is 0.849. The van der Waals surface area contributed by atoms with Gasteiger partial charge in [0.25, 0.3) is 11.8 Å². The van der Waals surface area contributed by atoms with Gasteiger partial charge in [-0.1, -0.05) is 35.9 Å². The first kappa shape index (κ1) is 14.9. The first-order chi connectivity index (χ1) is 11.1. The van der Waals surface area contributed by atoms with Crippen LogP contribution in [0.4, 0.5) is 0 Å². The third-order valence-corrected chi connectivity index (χ3v) is 3.64. The fourth-order valence-corrected chi connectivity index (χ4v) is 2.36. The van der Waals surface area contributed by atoms with E-state index in [-0.39, 0.29) is 12.4 Å². The largest absolute Gasteiger partial charge is 0.351 e. The molecule has 1 atom stereocenters. The van der Waals surface area contributed by atoms with Gasteiger partial charge >= 0.3 is 0 Å². The average molecular weight is 309 g/mol. The number of aliphatic imine (C=N–C) groups is 1. The smallest absolute Gasteiger partial charge is 0.269 e. The zero-order chi connectivity index (χ0) is 16.4. The Morgan fingerprint density at radius 3 is 2.70 bits per heavy atom. The van der Waals surface area contributed by atoms with E-state index in [0.717, 1.165) is 11.1 Å². The van der Waals surface area contributed by atoms with Crippen LogP contribution in [0.15, 0.2) is 53.7 Å². The van der Waals surface area contributed by atoms with E-state index in [4.69, 9.17) is 0 Å². The summed E-state index contributed by atoms with van der Waals surface area (Å²) >= 11 is 0. The topological polar surface area (TPSA) is 78.8 Å². The van der Waals surface area contributed by atoms with Gasteiger partial charge in [0.2, 0.25) is 5.91 Å². The lowest BCUT2D eigenvalue weighted by atomic mass is 10.0. The second-order valence-electron chi connectivity index (χ2n) is 5.35. The number of carbonyl (C=O) groups is 3. The molecule has 0 saturated heterocycles. The molecule has 0 saturated carbocycles. The van der Waals surface area contributed by atoms with E-state index in [9.17, 15) is 14.4 Å². The van der Waals surface area contributed by atoms with Gasteiger partial charge in [0, 0.05) is 12.7 Å². The molecule has 116 valence electrons. The van der Waals surface area contributed by atoms with Crippen molar-refractivity contribution in [1.29, 1.82) is 0 Å². The van der Waals surface area contributed by atoms with Crippen molar-refractivity contribution < 1.29 is 14.4 Å². The molecule has 23 heavy (non-hydrogen) atoms. The highest BCUT2D eigenvalue weighted by atomic mass is 16.2. The van der Waals surface area contributed by atoms with Crippen molar-refractivity contribution in [3.05, 3.63) is 59.8 Å². The number of carbonyl (C=O) groups excluding carboxylic acids is 3. The monoisotopic (exact) mass is 309 g/mol. The normalized spacial score (nSPS) is 19.4. The summed E-state index contributed by atoms with van der Waals surface area (Å²) in [5.41, 5.74) is 2.01. The molecule has 1 N–H and O–H groups in total. The van der Waals surface area contributed by atoms with Gasteiger partial charge in [-0.15, -0.1) is 0 Å². The third kappa shape index (κ3) is 2.96. The van der Waals surface area contributed by atoms with Gasteiger partial charge < -0.3 is 5.32 Å². The van der Waals surface area contributed by atoms with Gasteiger partial charge in [-0.3, -0.25) is 19.3 Å². The zero-order valence-electron chi connectivity index (χ0n) is 12.5. The Bertz CT molecular complexity index is 760. The first-order valence-electron chi connectivity index (χ1n) is 7.20. The molecule has 2 heterocycles. The number of rotatable bonds is 3. The summed E-state index contributed by atoms with van der Waals surface area (Å²) in [5, 5.41) is 2.63. The van der Waals surface area contributed by atoms with Gasteiger partial charge in [0.1, 0.15) is 5.84 Å². The number of amides is 3. The highest BCUT2D eigenvalue weighted by Crippen LogP contribution is 2.17. The van der Waals surface area contributed by atoms with Crippen LogP contribution in [0.5, 0.6) is 0 Å². The number of hydrogen-bond donors (Lipinski definition) is 1. The standard InChI is InChI=1S/C17H15N3O3/c1-11-5-7-12(8-6-11)10-18-15(21)14-16(22)19-13-4-2-3-9-20(13)17(14)23/h2-9,14H,10H2,1H3,(H,18,21). The lowest BCUT2D eigenvalue weighted by Crippen LogP contribution is -2.50. The number of allylic oxidation sites excluding steroid dienone is 2. The summed E-state index contributed by atoms with van der Waals surface area (Å²) in [6.45, 7) is 2.22. The number of aryl methyl sites for hydroxylation is 1. The van der Waals surface area contributed by atoms with E-state index in [0.29, 0.717) is 0 Å². The molecule has 0 spiro atoms. The maximum absolute atomic E-state index is 12.3. The number of benzene rings is 1. The maximum atomic E-state index is 12.3. The zero-order valence-corrected chi connectivity index (χ0v) is 12.5. The second kappa shape index (κ2) is 6.00. The molecule has 1 unspecified atom stereocenters. The Hall–Kier alpha value is -3.02. The summed E-state index contributed by atoms with van der Waals surface area (Å²) in [7, 11) is 0. The van der Waals surface area contributed by atoms with Crippen molar-refractivity contribution in [3.63, 3.8) is 0 Å². The van der Waals surface area contributed by atoms with Crippen molar-refractivity contribution in [1.82, 2.24) is 10.2 Å². The van der Waals surface area contributed by atoms with Crippen LogP contribution in [0.25, 0.3) is 0 Å². The van der Waals surface area contributed by atoms with E-state index in [1.165, 1.54) is 11.1 Å². The number of amidine groups is 1. The van der Waals surface area contributed by atoms with E-state index in [1.807, 2.05) is 31.2 Å². The molecule has 0 fully saturated rings. The minimum atomic E-state index is -1.43. The van der Waals surface area contributed by atoms with Gasteiger partial charge in [0.05, 0.1) is 0 Å². The molecule has 0 aliphatic carbocycles. The van der Waals surface area contributed by atoms with Crippen LogP contribution < -0.4 is 5.32 Å². The van der Waals surface area contributed by atoms with Gasteiger partial charge in [-0.2, -0.15) is 4.99 Å². The molecule has 3 amide bonds. The summed E-state index contributed by atoms with van der Waals surface area (Å²) in [6.07, 6.45) is 6.37. The minimum absolute atomic E-state index is 0.241. The molecule has 6 nitrogen and oxygen atoms in total. The molecular weight excluding hydrogens is 294 g/mol. The predicted octanol–water partition coefficient (Wildman–Crippen LogP) is 1.08. The van der Waals surface area contributed by atoms with Crippen LogP contribution in [0.2, 0.25) is 0 Å². The average Bonchev–Trinajstić information content (AvgIpc) is 2.54. The van der Waals surface area contributed by atoms with Crippen LogP contribution in [-0.4, -0.2) is 28.5 Å². The Kier molecular flexibility index (Phi) is 3.89. The van der Waals surface area contributed by atoms with Crippen molar-refractivity contribution in [2.24, 2.45) is 10.9 Å². The lowest BCUT2D eigenvalue weighted by molar-refractivity contribution is -0.144. The minimum Gasteiger partial charge on any atom is -0.351 e. The van der Waals surface area contributed by atoms with Crippen LogP contribution in [0.3, 0.4) is 0 Å². The summed E-state index contributed by atoms with van der Waals surface area (Å²) in [6, 6.07) is 7.63. The van der Waals surface area contributed by atoms with Gasteiger partial charge in [-0.25, -0.2) is 0 Å². The maximum Gasteiger partial charge on any atom is 0.269 e. The fourth-order valence-electron chi connectivity index (χ4n) is 2.36. The van der Waals surface area contributed by atoms with Crippen LogP contribution in [-0.2, 0) is 20.9 Å². The van der Waals surface area contributed by atoms with Crippen molar-refractivity contribution >= 4 is 23.6 Å². The highest BCUT2D eigenvalue weighted by molar-refractivity contribution is 6.27. The molecule has 2 aliphatic heterocycles. The molecule has 2 aliphatic rings. The molecule has 1 aromatic carbocycles. The Morgan fingerprint density at radius 1 is 1.22 bits per heavy atom. The van der Waals surface area contributed by atoms with E-state index < -0.39 is 23.6 Å². The summed E-state index contributed by atoms with van der Waals surface area (Å²) in [4.78, 5) is 41.6. The van der Waals surface area contributed by atoms with Crippen LogP contribution in [0, 0.1) is 12.8 Å². The molecule has 0 aromatic heterocycles. The Labute approximate surface area is 133 Å². The van der Waals surface area contributed by atoms with E-state index in [1.54, 1.807) is 18.2 Å². The van der Waals surface area contributed by atoms with Crippen molar-refractivity contribution in [2.75, 3.05) is 0 Å². The third-order valence-electron chi connectivity index (χ3n) is 3.64. The van der Waals surface area contributed by atoms with Gasteiger partial charge in [-0.05, 0) is 24.6 Å². The number of fused-ring (bicyclic) bond motifs is 1. The van der Waals surface area contributed by atoms with Crippen LogP contribution in [0.1, 0.15) is 11.1 Å². The molecular formula is C17H15N3O3. The summed E-state index contributed by atoms with van der Waals surface area (Å²) < 4.78 is 0. The highest BCUT2D eigenvalue weighted by Gasteiger charge is 2.41. The Balaban J connectivity index is 1.72. The number of hydrogen-bond acceptors (Lipinski definition) is 3. The van der Waals surface area contributed by atoms with E-state index >= 15 is 0 Å². The molecule has 3 rings (SSSR count). The molecule has 0 bridgehead atoms. The van der Waals surface area contributed by atoms with Crippen molar-refractivity contribution in [3.8, 4) is 0 Å². The van der Waals surface area contributed by atoms with Gasteiger partial charge in [0.15, 0.2) is 5.92 Å².